The zero-order chi connectivity index (χ0) is 12.1. The maximum atomic E-state index is 8.65. The highest BCUT2D eigenvalue weighted by atomic mass is 16.5. The van der Waals surface area contributed by atoms with Crippen LogP contribution in [0.25, 0.3) is 0 Å². The zero-order valence-corrected chi connectivity index (χ0v) is 10.1. The average Bonchev–Trinajstić information content (AvgIpc) is 2.33. The number of rotatable bonds is 5. The van der Waals surface area contributed by atoms with Gasteiger partial charge in [0.2, 0.25) is 0 Å². The molecule has 3 heteroatoms. The molecule has 0 heterocycles. The Morgan fingerprint density at radius 3 is 2.59 bits per heavy atom. The molecule has 0 amide bonds. The highest BCUT2D eigenvalue weighted by Gasteiger charge is 2.28. The van der Waals surface area contributed by atoms with E-state index in [1.165, 1.54) is 0 Å². The first-order chi connectivity index (χ1) is 8.31. The van der Waals surface area contributed by atoms with Gasteiger partial charge in [-0.25, -0.2) is 0 Å². The summed E-state index contributed by atoms with van der Waals surface area (Å²) in [7, 11) is 1.66. The van der Waals surface area contributed by atoms with Gasteiger partial charge < -0.3 is 9.47 Å². The lowest BCUT2D eigenvalue weighted by Gasteiger charge is -2.30. The first kappa shape index (κ1) is 11.9. The minimum atomic E-state index is 0.268. The Hall–Kier alpha value is -1.53. The normalized spacial score (nSPS) is 22.6. The minimum Gasteiger partial charge on any atom is -0.497 e. The Balaban J connectivity index is 1.67. The molecule has 1 aromatic rings. The second-order valence-electron chi connectivity index (χ2n) is 4.53. The molecular weight excluding hydrogens is 214 g/mol. The van der Waals surface area contributed by atoms with E-state index in [-0.39, 0.29) is 5.92 Å². The molecule has 1 aromatic carbocycles. The molecule has 0 unspecified atom stereocenters. The van der Waals surface area contributed by atoms with Crippen LogP contribution < -0.4 is 4.74 Å². The van der Waals surface area contributed by atoms with E-state index >= 15 is 0 Å². The van der Waals surface area contributed by atoms with Crippen molar-refractivity contribution in [3.05, 3.63) is 29.8 Å². The summed E-state index contributed by atoms with van der Waals surface area (Å²) in [5.74, 6) is 1.71. The van der Waals surface area contributed by atoms with Crippen molar-refractivity contribution in [2.24, 2.45) is 11.8 Å². The minimum absolute atomic E-state index is 0.268. The van der Waals surface area contributed by atoms with E-state index in [1.807, 2.05) is 24.3 Å². The first-order valence-electron chi connectivity index (χ1n) is 5.92. The van der Waals surface area contributed by atoms with Crippen molar-refractivity contribution in [2.75, 3.05) is 13.7 Å². The van der Waals surface area contributed by atoms with Gasteiger partial charge in [0.05, 0.1) is 19.8 Å². The van der Waals surface area contributed by atoms with Crippen molar-refractivity contribution in [1.29, 1.82) is 5.26 Å². The Bertz CT molecular complexity index is 388. The Morgan fingerprint density at radius 1 is 1.29 bits per heavy atom. The molecule has 1 aliphatic carbocycles. The zero-order valence-electron chi connectivity index (χ0n) is 10.1. The fourth-order valence-electron chi connectivity index (χ4n) is 2.04. The number of hydrogen-bond acceptors (Lipinski definition) is 3. The van der Waals surface area contributed by atoms with E-state index in [0.717, 1.165) is 30.8 Å². The van der Waals surface area contributed by atoms with Gasteiger partial charge in [-0.15, -0.1) is 0 Å². The van der Waals surface area contributed by atoms with Crippen LogP contribution in [0.4, 0.5) is 0 Å². The van der Waals surface area contributed by atoms with Crippen LogP contribution in [0.15, 0.2) is 24.3 Å². The topological polar surface area (TPSA) is 42.2 Å². The number of nitriles is 1. The van der Waals surface area contributed by atoms with Gasteiger partial charge in [-0.2, -0.15) is 5.26 Å². The number of ether oxygens (including phenoxy) is 2. The molecular formula is C14H17NO2. The summed E-state index contributed by atoms with van der Waals surface area (Å²) in [6.45, 7) is 1.40. The summed E-state index contributed by atoms with van der Waals surface area (Å²) in [5.41, 5.74) is 1.15. The van der Waals surface area contributed by atoms with Crippen molar-refractivity contribution in [2.45, 2.75) is 19.4 Å². The third kappa shape index (κ3) is 3.21. The molecule has 0 saturated heterocycles. The molecule has 0 radical (unpaired) electrons. The third-order valence-electron chi connectivity index (χ3n) is 3.20. The van der Waals surface area contributed by atoms with Crippen molar-refractivity contribution < 1.29 is 9.47 Å². The molecule has 2 rings (SSSR count). The average molecular weight is 231 g/mol. The van der Waals surface area contributed by atoms with Crippen molar-refractivity contribution in [1.82, 2.24) is 0 Å². The largest absolute Gasteiger partial charge is 0.497 e. The van der Waals surface area contributed by atoms with Gasteiger partial charge in [-0.3, -0.25) is 0 Å². The van der Waals surface area contributed by atoms with Crippen molar-refractivity contribution in [3.63, 3.8) is 0 Å². The smallest absolute Gasteiger partial charge is 0.118 e. The van der Waals surface area contributed by atoms with Crippen LogP contribution in [-0.4, -0.2) is 13.7 Å². The summed E-state index contributed by atoms with van der Waals surface area (Å²) < 4.78 is 10.7. The number of hydrogen-bond donors (Lipinski definition) is 0. The molecule has 0 N–H and O–H groups in total. The standard InChI is InChI=1S/C14H17NO2/c1-16-14-4-2-11(3-5-14)9-17-10-13-6-12(7-13)8-15/h2-5,12-13H,6-7,9-10H2,1H3. The van der Waals surface area contributed by atoms with E-state index in [4.69, 9.17) is 14.7 Å². The van der Waals surface area contributed by atoms with Crippen LogP contribution in [0.5, 0.6) is 5.75 Å². The van der Waals surface area contributed by atoms with E-state index in [0.29, 0.717) is 12.5 Å². The van der Waals surface area contributed by atoms with E-state index in [2.05, 4.69) is 6.07 Å². The highest BCUT2D eigenvalue weighted by Crippen LogP contribution is 2.33. The molecule has 17 heavy (non-hydrogen) atoms. The summed E-state index contributed by atoms with van der Waals surface area (Å²) in [6, 6.07) is 10.2. The molecule has 90 valence electrons. The van der Waals surface area contributed by atoms with Crippen LogP contribution in [0.3, 0.4) is 0 Å². The number of nitrogens with zero attached hydrogens (tertiary/aromatic N) is 1. The van der Waals surface area contributed by atoms with Gasteiger partial charge >= 0.3 is 0 Å². The molecule has 3 nitrogen and oxygen atoms in total. The summed E-state index contributed by atoms with van der Waals surface area (Å²) in [6.07, 6.45) is 2.00. The van der Waals surface area contributed by atoms with Gasteiger partial charge in [0.25, 0.3) is 0 Å². The van der Waals surface area contributed by atoms with Crippen LogP contribution in [0, 0.1) is 23.2 Å². The van der Waals surface area contributed by atoms with Crippen LogP contribution in [0.2, 0.25) is 0 Å². The molecule has 0 bridgehead atoms. The molecule has 0 spiro atoms. The van der Waals surface area contributed by atoms with Gasteiger partial charge in [0, 0.05) is 12.5 Å². The fraction of sp³-hybridized carbons (Fsp3) is 0.500. The van der Waals surface area contributed by atoms with Crippen LogP contribution in [-0.2, 0) is 11.3 Å². The van der Waals surface area contributed by atoms with E-state index in [9.17, 15) is 0 Å². The lowest BCUT2D eigenvalue weighted by atomic mass is 9.76. The summed E-state index contributed by atoms with van der Waals surface area (Å²) in [4.78, 5) is 0. The predicted molar refractivity (Wildman–Crippen MR) is 64.5 cm³/mol. The summed E-state index contributed by atoms with van der Waals surface area (Å²) >= 11 is 0. The molecule has 0 aliphatic heterocycles. The van der Waals surface area contributed by atoms with Crippen LogP contribution in [0.1, 0.15) is 18.4 Å². The van der Waals surface area contributed by atoms with Gasteiger partial charge in [-0.1, -0.05) is 12.1 Å². The number of benzene rings is 1. The second-order valence-corrected chi connectivity index (χ2v) is 4.53. The molecule has 0 atom stereocenters. The maximum Gasteiger partial charge on any atom is 0.118 e. The monoisotopic (exact) mass is 231 g/mol. The fourth-order valence-corrected chi connectivity index (χ4v) is 2.04. The lowest BCUT2D eigenvalue weighted by molar-refractivity contribution is 0.0465. The Labute approximate surface area is 102 Å². The predicted octanol–water partition coefficient (Wildman–Crippen LogP) is 2.76. The van der Waals surface area contributed by atoms with Gasteiger partial charge in [0.1, 0.15) is 5.75 Å². The first-order valence-corrected chi connectivity index (χ1v) is 5.92. The maximum absolute atomic E-state index is 8.65. The second kappa shape index (κ2) is 5.70. The van der Waals surface area contributed by atoms with Gasteiger partial charge in [-0.05, 0) is 36.5 Å². The SMILES string of the molecule is COc1ccc(COCC2CC(C#N)C2)cc1. The molecule has 1 aliphatic rings. The molecule has 1 fully saturated rings. The number of methoxy groups -OCH3 is 1. The summed E-state index contributed by atoms with van der Waals surface area (Å²) in [5, 5.41) is 8.65. The van der Waals surface area contributed by atoms with Crippen LogP contribution >= 0.6 is 0 Å². The van der Waals surface area contributed by atoms with Crippen molar-refractivity contribution >= 4 is 0 Å². The van der Waals surface area contributed by atoms with E-state index in [1.54, 1.807) is 7.11 Å². The van der Waals surface area contributed by atoms with Gasteiger partial charge in [0.15, 0.2) is 0 Å². The highest BCUT2D eigenvalue weighted by molar-refractivity contribution is 5.26. The third-order valence-corrected chi connectivity index (χ3v) is 3.20. The van der Waals surface area contributed by atoms with E-state index < -0.39 is 0 Å². The quantitative estimate of drug-likeness (QED) is 0.782. The Kier molecular flexibility index (Phi) is 4.00. The van der Waals surface area contributed by atoms with Crippen molar-refractivity contribution in [3.8, 4) is 11.8 Å². The molecule has 1 saturated carbocycles. The Morgan fingerprint density at radius 2 is 2.00 bits per heavy atom. The molecule has 0 aromatic heterocycles. The lowest BCUT2D eigenvalue weighted by Crippen LogP contribution is -2.26.